The van der Waals surface area contributed by atoms with Crippen molar-refractivity contribution in [1.29, 1.82) is 0 Å². The number of rotatable bonds is 3. The van der Waals surface area contributed by atoms with Gasteiger partial charge in [0.25, 0.3) is 5.91 Å². The topological polar surface area (TPSA) is 72.9 Å². The van der Waals surface area contributed by atoms with E-state index in [1.807, 2.05) is 0 Å². The van der Waals surface area contributed by atoms with Crippen molar-refractivity contribution in [3.8, 4) is 0 Å². The monoisotopic (exact) mass is 280 g/mol. The lowest BCUT2D eigenvalue weighted by Crippen LogP contribution is -2.19. The first kappa shape index (κ1) is 14.0. The van der Waals surface area contributed by atoms with Gasteiger partial charge in [-0.3, -0.25) is 9.48 Å². The Morgan fingerprint density at radius 2 is 2.10 bits per heavy atom. The largest absolute Gasteiger partial charge is 0.396 e. The maximum atomic E-state index is 13.7. The van der Waals surface area contributed by atoms with Gasteiger partial charge in [-0.05, 0) is 25.5 Å². The van der Waals surface area contributed by atoms with E-state index in [-0.39, 0.29) is 22.6 Å². The minimum atomic E-state index is -0.710. The number of nitrogens with two attached hydrogens (primary N) is 1. The van der Waals surface area contributed by atoms with Gasteiger partial charge in [-0.1, -0.05) is 0 Å². The van der Waals surface area contributed by atoms with Gasteiger partial charge >= 0.3 is 0 Å². The third-order valence-corrected chi connectivity index (χ3v) is 2.88. The van der Waals surface area contributed by atoms with Gasteiger partial charge in [0.05, 0.1) is 17.6 Å². The molecule has 0 bridgehead atoms. The number of aryl methyl sites for hydroxylation is 2. The molecule has 2 rings (SSSR count). The first-order chi connectivity index (χ1) is 9.43. The van der Waals surface area contributed by atoms with E-state index in [1.54, 1.807) is 6.92 Å². The smallest absolute Gasteiger partial charge is 0.276 e. The Balaban J connectivity index is 2.33. The molecule has 0 unspecified atom stereocenters. The summed E-state index contributed by atoms with van der Waals surface area (Å²) in [4.78, 5) is 12.1. The molecule has 0 radical (unpaired) electrons. The number of carbonyl (C=O) groups excluding carboxylic acids is 1. The van der Waals surface area contributed by atoms with Crippen molar-refractivity contribution >= 4 is 17.3 Å². The van der Waals surface area contributed by atoms with Gasteiger partial charge in [-0.15, -0.1) is 0 Å². The zero-order chi connectivity index (χ0) is 14.9. The van der Waals surface area contributed by atoms with E-state index in [0.29, 0.717) is 6.54 Å². The number of hydrogen-bond donors (Lipinski definition) is 2. The number of benzene rings is 1. The van der Waals surface area contributed by atoms with E-state index in [4.69, 9.17) is 5.73 Å². The number of carbonyl (C=O) groups is 1. The normalized spacial score (nSPS) is 10.6. The molecule has 1 heterocycles. The Morgan fingerprint density at radius 3 is 2.75 bits per heavy atom. The quantitative estimate of drug-likeness (QED) is 0.906. The summed E-state index contributed by atoms with van der Waals surface area (Å²) in [5.74, 6) is -1.94. The van der Waals surface area contributed by atoms with Gasteiger partial charge in [-0.25, -0.2) is 8.78 Å². The molecule has 0 spiro atoms. The predicted molar refractivity (Wildman–Crippen MR) is 71.4 cm³/mol. The number of halogens is 2. The second-order valence-electron chi connectivity index (χ2n) is 4.30. The van der Waals surface area contributed by atoms with Crippen LogP contribution in [0.15, 0.2) is 18.3 Å². The van der Waals surface area contributed by atoms with Crippen molar-refractivity contribution in [2.75, 3.05) is 11.1 Å². The predicted octanol–water partition coefficient (Wildman–Crippen LogP) is 2.32. The van der Waals surface area contributed by atoms with Crippen LogP contribution in [0.2, 0.25) is 0 Å². The molecule has 0 atom stereocenters. The third-order valence-electron chi connectivity index (χ3n) is 2.88. The van der Waals surface area contributed by atoms with Crippen LogP contribution in [0.1, 0.15) is 23.0 Å². The number of nitrogens with zero attached hydrogens (tertiary/aromatic N) is 2. The van der Waals surface area contributed by atoms with Crippen LogP contribution in [-0.4, -0.2) is 15.7 Å². The molecule has 20 heavy (non-hydrogen) atoms. The minimum Gasteiger partial charge on any atom is -0.396 e. The Labute approximate surface area is 114 Å². The van der Waals surface area contributed by atoms with E-state index >= 15 is 0 Å². The second-order valence-corrected chi connectivity index (χ2v) is 4.30. The number of nitrogens with one attached hydrogen (secondary N) is 1. The maximum Gasteiger partial charge on any atom is 0.276 e. The Morgan fingerprint density at radius 1 is 1.40 bits per heavy atom. The van der Waals surface area contributed by atoms with E-state index in [1.165, 1.54) is 17.8 Å². The van der Waals surface area contributed by atoms with Crippen LogP contribution in [0.5, 0.6) is 0 Å². The van der Waals surface area contributed by atoms with Crippen LogP contribution < -0.4 is 11.1 Å². The lowest BCUT2D eigenvalue weighted by atomic mass is 10.2. The fourth-order valence-electron chi connectivity index (χ4n) is 1.81. The van der Waals surface area contributed by atoms with Crippen LogP contribution in [0.4, 0.5) is 20.2 Å². The van der Waals surface area contributed by atoms with Crippen LogP contribution in [-0.2, 0) is 6.54 Å². The number of amides is 1. The van der Waals surface area contributed by atoms with Crippen molar-refractivity contribution < 1.29 is 13.6 Å². The van der Waals surface area contributed by atoms with E-state index in [2.05, 4.69) is 10.4 Å². The highest BCUT2D eigenvalue weighted by atomic mass is 19.1. The Bertz CT molecular complexity index is 667. The number of aromatic nitrogens is 2. The average molecular weight is 280 g/mol. The summed E-state index contributed by atoms with van der Waals surface area (Å²) < 4.78 is 28.5. The van der Waals surface area contributed by atoms with Crippen LogP contribution in [0.3, 0.4) is 0 Å². The molecule has 3 N–H and O–H groups in total. The summed E-state index contributed by atoms with van der Waals surface area (Å²) in [6.07, 6.45) is 1.34. The highest BCUT2D eigenvalue weighted by Crippen LogP contribution is 2.20. The average Bonchev–Trinajstić information content (AvgIpc) is 2.77. The standard InChI is InChI=1S/C13H14F2N4O/c1-3-19-12(10(16)6-17-19)13(20)18-11-5-8(14)7(2)4-9(11)15/h4-6H,3,16H2,1-2H3,(H,18,20). The highest BCUT2D eigenvalue weighted by molar-refractivity contribution is 6.06. The molecule has 7 heteroatoms. The van der Waals surface area contributed by atoms with Crippen LogP contribution in [0, 0.1) is 18.6 Å². The third kappa shape index (κ3) is 2.47. The van der Waals surface area contributed by atoms with Gasteiger partial charge in [-0.2, -0.15) is 5.10 Å². The highest BCUT2D eigenvalue weighted by Gasteiger charge is 2.18. The minimum absolute atomic E-state index is 0.118. The summed E-state index contributed by atoms with van der Waals surface area (Å²) in [5.41, 5.74) is 5.88. The van der Waals surface area contributed by atoms with E-state index < -0.39 is 17.5 Å². The Kier molecular flexibility index (Phi) is 3.69. The second kappa shape index (κ2) is 5.28. The Hall–Kier alpha value is -2.44. The molecule has 0 aliphatic heterocycles. The summed E-state index contributed by atoms with van der Waals surface area (Å²) in [6, 6.07) is 1.96. The fourth-order valence-corrected chi connectivity index (χ4v) is 1.81. The first-order valence-electron chi connectivity index (χ1n) is 6.02. The summed E-state index contributed by atoms with van der Waals surface area (Å²) >= 11 is 0. The van der Waals surface area contributed by atoms with Gasteiger partial charge in [0.2, 0.25) is 0 Å². The van der Waals surface area contributed by atoms with E-state index in [0.717, 1.165) is 12.1 Å². The zero-order valence-electron chi connectivity index (χ0n) is 11.1. The van der Waals surface area contributed by atoms with Gasteiger partial charge < -0.3 is 11.1 Å². The fraction of sp³-hybridized carbons (Fsp3) is 0.231. The van der Waals surface area contributed by atoms with Gasteiger partial charge in [0, 0.05) is 12.6 Å². The van der Waals surface area contributed by atoms with E-state index in [9.17, 15) is 13.6 Å². The lowest BCUT2D eigenvalue weighted by Gasteiger charge is -2.09. The molecule has 2 aromatic rings. The number of nitrogen functional groups attached to an aromatic ring is 1. The molecule has 1 aromatic carbocycles. The number of anilines is 2. The molecule has 0 fully saturated rings. The maximum absolute atomic E-state index is 13.7. The molecular formula is C13H14F2N4O. The molecule has 0 aliphatic rings. The summed E-state index contributed by atoms with van der Waals surface area (Å²) in [6.45, 7) is 3.66. The summed E-state index contributed by atoms with van der Waals surface area (Å²) in [7, 11) is 0. The van der Waals surface area contributed by atoms with Crippen molar-refractivity contribution in [3.63, 3.8) is 0 Å². The molecular weight excluding hydrogens is 266 g/mol. The molecule has 106 valence electrons. The van der Waals surface area contributed by atoms with Crippen LogP contribution >= 0.6 is 0 Å². The van der Waals surface area contributed by atoms with Gasteiger partial charge in [0.1, 0.15) is 17.3 Å². The van der Waals surface area contributed by atoms with Crippen LogP contribution in [0.25, 0.3) is 0 Å². The molecule has 0 saturated carbocycles. The number of hydrogen-bond acceptors (Lipinski definition) is 3. The zero-order valence-corrected chi connectivity index (χ0v) is 11.1. The summed E-state index contributed by atoms with van der Waals surface area (Å²) in [5, 5.41) is 6.22. The van der Waals surface area contributed by atoms with Crippen molar-refractivity contribution in [3.05, 3.63) is 41.2 Å². The molecule has 0 aliphatic carbocycles. The first-order valence-corrected chi connectivity index (χ1v) is 6.02. The molecule has 0 saturated heterocycles. The lowest BCUT2D eigenvalue weighted by molar-refractivity contribution is 0.101. The molecule has 1 aromatic heterocycles. The van der Waals surface area contributed by atoms with Crippen molar-refractivity contribution in [2.24, 2.45) is 0 Å². The van der Waals surface area contributed by atoms with Crippen molar-refractivity contribution in [2.45, 2.75) is 20.4 Å². The molecule has 1 amide bonds. The molecule has 5 nitrogen and oxygen atoms in total. The van der Waals surface area contributed by atoms with Gasteiger partial charge in [0.15, 0.2) is 0 Å². The van der Waals surface area contributed by atoms with Crippen molar-refractivity contribution in [1.82, 2.24) is 9.78 Å². The SMILES string of the molecule is CCn1ncc(N)c1C(=O)Nc1cc(F)c(C)cc1F.